The number of benzene rings is 3. The lowest BCUT2D eigenvalue weighted by Crippen LogP contribution is -2.34. The third kappa shape index (κ3) is 4.84. The van der Waals surface area contributed by atoms with Crippen LogP contribution in [0.1, 0.15) is 21.5 Å². The molecule has 0 aromatic heterocycles. The molecular weight excluding hydrogens is 470 g/mol. The second kappa shape index (κ2) is 9.16. The maximum atomic E-state index is 13.5. The van der Waals surface area contributed by atoms with Crippen molar-refractivity contribution in [2.24, 2.45) is 4.99 Å². The van der Waals surface area contributed by atoms with Gasteiger partial charge in [-0.3, -0.25) is 14.2 Å². The van der Waals surface area contributed by atoms with Crippen molar-refractivity contribution in [3.8, 4) is 0 Å². The van der Waals surface area contributed by atoms with Gasteiger partial charge in [0.2, 0.25) is 0 Å². The molecule has 0 bridgehead atoms. The maximum Gasteiger partial charge on any atom is 0.337 e. The lowest BCUT2D eigenvalue weighted by Gasteiger charge is -2.21. The number of carboxylic acid groups (broad SMARTS) is 1. The summed E-state index contributed by atoms with van der Waals surface area (Å²) in [7, 11) is -0.848. The van der Waals surface area contributed by atoms with E-state index in [4.69, 9.17) is 0 Å². The van der Waals surface area contributed by atoms with E-state index in [2.05, 4.69) is 4.99 Å². The zero-order valence-electron chi connectivity index (χ0n) is 18.8. The van der Waals surface area contributed by atoms with Gasteiger partial charge in [0.05, 0.1) is 16.1 Å². The fourth-order valence-electron chi connectivity index (χ4n) is 3.59. The summed E-state index contributed by atoms with van der Waals surface area (Å²) >= 11 is 0. The van der Waals surface area contributed by atoms with Gasteiger partial charge in [0.15, 0.2) is 0 Å². The molecular formula is C25H21N3O6S. The van der Waals surface area contributed by atoms with Gasteiger partial charge in [-0.05, 0) is 42.0 Å². The highest BCUT2D eigenvalue weighted by molar-refractivity contribution is 7.85. The van der Waals surface area contributed by atoms with Crippen molar-refractivity contribution in [1.29, 1.82) is 0 Å². The largest absolute Gasteiger partial charge is 0.478 e. The Hall–Kier alpha value is -4.28. The second-order valence-electron chi connectivity index (χ2n) is 7.92. The zero-order chi connectivity index (χ0) is 25.3. The Bertz CT molecular complexity index is 1480. The molecule has 2 N–H and O–H groups in total. The molecule has 35 heavy (non-hydrogen) atoms. The Kier molecular flexibility index (Phi) is 6.25. The first kappa shape index (κ1) is 23.9. The number of hydrogen-bond donors (Lipinski definition) is 2. The van der Waals surface area contributed by atoms with E-state index in [1.165, 1.54) is 0 Å². The molecule has 1 aliphatic heterocycles. The van der Waals surface area contributed by atoms with Crippen LogP contribution >= 0.6 is 0 Å². The van der Waals surface area contributed by atoms with Gasteiger partial charge in [-0.15, -0.1) is 0 Å². The molecule has 0 radical (unpaired) electrons. The fourth-order valence-corrected chi connectivity index (χ4v) is 4.09. The number of carboxylic acids is 1. The Balaban J connectivity index is 1.89. The van der Waals surface area contributed by atoms with Gasteiger partial charge >= 0.3 is 5.97 Å². The van der Waals surface area contributed by atoms with E-state index in [0.29, 0.717) is 11.1 Å². The van der Waals surface area contributed by atoms with Crippen molar-refractivity contribution in [3.05, 3.63) is 95.2 Å². The predicted octanol–water partition coefficient (Wildman–Crippen LogP) is 3.53. The van der Waals surface area contributed by atoms with E-state index < -0.39 is 26.9 Å². The molecule has 3 aromatic rings. The molecule has 0 saturated carbocycles. The third-order valence-corrected chi connectivity index (χ3v) is 6.19. The van der Waals surface area contributed by atoms with Crippen LogP contribution in [0.4, 0.5) is 11.4 Å². The average Bonchev–Trinajstić information content (AvgIpc) is 3.14. The topological polar surface area (TPSA) is 128 Å². The summed E-state index contributed by atoms with van der Waals surface area (Å²) in [4.78, 5) is 32.4. The monoisotopic (exact) mass is 491 g/mol. The van der Waals surface area contributed by atoms with Gasteiger partial charge in [0, 0.05) is 25.3 Å². The first-order valence-electron chi connectivity index (χ1n) is 10.4. The molecule has 0 atom stereocenters. The van der Waals surface area contributed by atoms with Crippen LogP contribution in [0.5, 0.6) is 0 Å². The number of hydrogen-bond acceptors (Lipinski definition) is 6. The number of amides is 1. The Labute approximate surface area is 202 Å². The SMILES string of the molecule is CN(C)c1ccc(/C=C2\N=C(c3ccccc3)N(c3cc(S(=O)(=O)O)ccc3C(=O)O)C2=O)cc1. The average molecular weight is 492 g/mol. The number of nitrogens with zero attached hydrogens (tertiary/aromatic N) is 3. The molecule has 178 valence electrons. The minimum absolute atomic E-state index is 0.0371. The van der Waals surface area contributed by atoms with Crippen molar-refractivity contribution in [2.45, 2.75) is 4.90 Å². The van der Waals surface area contributed by atoms with Crippen LogP contribution in [-0.2, 0) is 14.9 Å². The lowest BCUT2D eigenvalue weighted by molar-refractivity contribution is -0.113. The summed E-state index contributed by atoms with van der Waals surface area (Å²) in [6.45, 7) is 0. The van der Waals surface area contributed by atoms with E-state index in [1.807, 2.05) is 43.3 Å². The van der Waals surface area contributed by atoms with Crippen LogP contribution in [0.25, 0.3) is 6.08 Å². The molecule has 0 aliphatic carbocycles. The number of rotatable bonds is 6. The third-order valence-electron chi connectivity index (χ3n) is 5.34. The minimum Gasteiger partial charge on any atom is -0.478 e. The van der Waals surface area contributed by atoms with Crippen LogP contribution in [0.15, 0.2) is 88.4 Å². The summed E-state index contributed by atoms with van der Waals surface area (Å²) in [5.74, 6) is -1.89. The molecule has 9 nitrogen and oxygen atoms in total. The number of anilines is 2. The number of amidine groups is 1. The lowest BCUT2D eigenvalue weighted by atomic mass is 10.1. The Morgan fingerprint density at radius 1 is 1.00 bits per heavy atom. The van der Waals surface area contributed by atoms with Crippen molar-refractivity contribution < 1.29 is 27.7 Å². The van der Waals surface area contributed by atoms with Crippen LogP contribution in [0.3, 0.4) is 0 Å². The van der Waals surface area contributed by atoms with E-state index in [9.17, 15) is 27.7 Å². The molecule has 4 rings (SSSR count). The summed E-state index contributed by atoms with van der Waals surface area (Å²) < 4.78 is 33.0. The second-order valence-corrected chi connectivity index (χ2v) is 9.34. The number of carbonyl (C=O) groups is 2. The highest BCUT2D eigenvalue weighted by Gasteiger charge is 2.35. The quantitative estimate of drug-likeness (QED) is 0.399. The first-order chi connectivity index (χ1) is 16.6. The highest BCUT2D eigenvalue weighted by atomic mass is 32.2. The smallest absolute Gasteiger partial charge is 0.337 e. The Morgan fingerprint density at radius 3 is 2.23 bits per heavy atom. The molecule has 3 aromatic carbocycles. The summed E-state index contributed by atoms with van der Waals surface area (Å²) in [5, 5.41) is 9.73. The van der Waals surface area contributed by atoms with E-state index in [-0.39, 0.29) is 22.8 Å². The summed E-state index contributed by atoms with van der Waals surface area (Å²) in [5.41, 5.74) is 1.66. The van der Waals surface area contributed by atoms with Gasteiger partial charge in [-0.2, -0.15) is 8.42 Å². The summed E-state index contributed by atoms with van der Waals surface area (Å²) in [6, 6.07) is 19.0. The number of aliphatic imine (C=N–C) groups is 1. The van der Waals surface area contributed by atoms with Gasteiger partial charge in [-0.1, -0.05) is 42.5 Å². The van der Waals surface area contributed by atoms with Crippen LogP contribution < -0.4 is 9.80 Å². The van der Waals surface area contributed by atoms with Crippen molar-refractivity contribution in [3.63, 3.8) is 0 Å². The standard InChI is InChI=1S/C25H21N3O6S/c1-27(2)18-10-8-16(9-11-18)14-21-24(29)28(23(26-21)17-6-4-3-5-7-17)22-15-19(35(32,33)34)12-13-20(22)25(30)31/h3-15H,1-2H3,(H,30,31)(H,32,33,34)/b21-14-. The van der Waals surface area contributed by atoms with Gasteiger partial charge < -0.3 is 10.0 Å². The van der Waals surface area contributed by atoms with Gasteiger partial charge in [0.1, 0.15) is 11.5 Å². The van der Waals surface area contributed by atoms with Crippen molar-refractivity contribution in [1.82, 2.24) is 0 Å². The van der Waals surface area contributed by atoms with E-state index in [1.54, 1.807) is 36.4 Å². The van der Waals surface area contributed by atoms with E-state index >= 15 is 0 Å². The first-order valence-corrected chi connectivity index (χ1v) is 11.8. The van der Waals surface area contributed by atoms with Crippen molar-refractivity contribution in [2.75, 3.05) is 23.9 Å². The highest BCUT2D eigenvalue weighted by Crippen LogP contribution is 2.32. The molecule has 1 aliphatic rings. The number of aromatic carboxylic acids is 1. The van der Waals surface area contributed by atoms with E-state index in [0.717, 1.165) is 28.8 Å². The molecule has 0 saturated heterocycles. The van der Waals surface area contributed by atoms with Crippen LogP contribution in [0.2, 0.25) is 0 Å². The minimum atomic E-state index is -4.66. The van der Waals surface area contributed by atoms with Crippen LogP contribution in [0, 0.1) is 0 Å². The van der Waals surface area contributed by atoms with Gasteiger partial charge in [-0.25, -0.2) is 9.79 Å². The molecule has 1 heterocycles. The molecule has 0 unspecified atom stereocenters. The zero-order valence-corrected chi connectivity index (χ0v) is 19.6. The molecule has 10 heteroatoms. The predicted molar refractivity (Wildman–Crippen MR) is 132 cm³/mol. The van der Waals surface area contributed by atoms with Crippen LogP contribution in [-0.4, -0.2) is 49.9 Å². The molecule has 0 spiro atoms. The van der Waals surface area contributed by atoms with Gasteiger partial charge in [0.25, 0.3) is 16.0 Å². The molecule has 1 amide bonds. The maximum absolute atomic E-state index is 13.5. The van der Waals surface area contributed by atoms with Crippen molar-refractivity contribution >= 4 is 45.3 Å². The fraction of sp³-hybridized carbons (Fsp3) is 0.0800. The molecule has 0 fully saturated rings. The number of carbonyl (C=O) groups excluding carboxylic acids is 1. The Morgan fingerprint density at radius 2 is 1.66 bits per heavy atom. The summed E-state index contributed by atoms with van der Waals surface area (Å²) in [6.07, 6.45) is 1.57. The normalized spacial score (nSPS) is 14.8.